The number of hydroxylamine groups is 2. The molecule has 0 saturated heterocycles. The Hall–Kier alpha value is -1.76. The molecular formula is C9H7F3N2O2. The Bertz CT molecular complexity index is 445. The number of anilines is 1. The van der Waals surface area contributed by atoms with Gasteiger partial charge in [-0.3, -0.25) is 5.21 Å². The van der Waals surface area contributed by atoms with E-state index < -0.39 is 24.3 Å². The molecule has 1 aromatic rings. The summed E-state index contributed by atoms with van der Waals surface area (Å²) in [6.07, 6.45) is -4.51. The lowest BCUT2D eigenvalue weighted by Gasteiger charge is -2.26. The van der Waals surface area contributed by atoms with Crippen molar-refractivity contribution < 1.29 is 23.2 Å². The molecule has 86 valence electrons. The molecule has 2 rings (SSSR count). The maximum absolute atomic E-state index is 12.6. The number of hydrogen-bond acceptors (Lipinski definition) is 2. The van der Waals surface area contributed by atoms with E-state index in [0.29, 0.717) is 0 Å². The van der Waals surface area contributed by atoms with Crippen LogP contribution in [0.4, 0.5) is 23.7 Å². The summed E-state index contributed by atoms with van der Waals surface area (Å²) in [5.41, 5.74) is -0.925. The van der Waals surface area contributed by atoms with Crippen LogP contribution in [-0.2, 0) is 12.7 Å². The summed E-state index contributed by atoms with van der Waals surface area (Å²) in [5, 5.41) is 11.4. The molecule has 16 heavy (non-hydrogen) atoms. The molecule has 1 aliphatic rings. The third-order valence-electron chi connectivity index (χ3n) is 2.27. The molecule has 0 bridgehead atoms. The van der Waals surface area contributed by atoms with Gasteiger partial charge in [0, 0.05) is 11.3 Å². The number of urea groups is 1. The summed E-state index contributed by atoms with van der Waals surface area (Å²) < 4.78 is 37.8. The van der Waals surface area contributed by atoms with Crippen LogP contribution >= 0.6 is 0 Å². The second-order valence-electron chi connectivity index (χ2n) is 3.32. The summed E-state index contributed by atoms with van der Waals surface area (Å²) in [7, 11) is 0. The van der Waals surface area contributed by atoms with E-state index in [0.717, 1.165) is 6.07 Å². The van der Waals surface area contributed by atoms with Crippen molar-refractivity contribution in [2.45, 2.75) is 12.7 Å². The molecular weight excluding hydrogens is 225 g/mol. The predicted octanol–water partition coefficient (Wildman–Crippen LogP) is 2.44. The number of benzene rings is 1. The topological polar surface area (TPSA) is 52.6 Å². The highest BCUT2D eigenvalue weighted by Gasteiger charge is 2.36. The van der Waals surface area contributed by atoms with Crippen LogP contribution in [0.1, 0.15) is 11.1 Å². The first kappa shape index (κ1) is 10.7. The monoisotopic (exact) mass is 232 g/mol. The van der Waals surface area contributed by atoms with Crippen LogP contribution in [0.3, 0.4) is 0 Å². The summed E-state index contributed by atoms with van der Waals surface area (Å²) in [6.45, 7) is -0.475. The fraction of sp³-hybridized carbons (Fsp3) is 0.222. The molecule has 2 amide bonds. The van der Waals surface area contributed by atoms with Crippen molar-refractivity contribution in [2.24, 2.45) is 0 Å². The van der Waals surface area contributed by atoms with E-state index in [1.807, 2.05) is 0 Å². The molecule has 2 N–H and O–H groups in total. The van der Waals surface area contributed by atoms with Crippen LogP contribution in [0, 0.1) is 0 Å². The van der Waals surface area contributed by atoms with Gasteiger partial charge in [-0.25, -0.2) is 9.86 Å². The van der Waals surface area contributed by atoms with Crippen LogP contribution in [-0.4, -0.2) is 16.3 Å². The molecule has 0 unspecified atom stereocenters. The Morgan fingerprint density at radius 2 is 2.06 bits per heavy atom. The van der Waals surface area contributed by atoms with Gasteiger partial charge in [-0.2, -0.15) is 13.2 Å². The number of nitrogens with zero attached hydrogens (tertiary/aromatic N) is 1. The Balaban J connectivity index is 2.53. The largest absolute Gasteiger partial charge is 0.416 e. The Morgan fingerprint density at radius 3 is 2.69 bits per heavy atom. The number of hydrogen-bond donors (Lipinski definition) is 2. The first-order valence-corrected chi connectivity index (χ1v) is 4.36. The molecule has 0 spiro atoms. The van der Waals surface area contributed by atoms with E-state index in [4.69, 9.17) is 5.21 Å². The van der Waals surface area contributed by atoms with Gasteiger partial charge in [-0.15, -0.1) is 0 Å². The standard InChI is InChI=1S/C9H7F3N2O2/c10-9(11,12)6-2-1-3-7-5(6)4-14(16)8(15)13-7/h1-3,16H,4H2,(H,13,15). The van der Waals surface area contributed by atoms with Crippen molar-refractivity contribution in [3.05, 3.63) is 29.3 Å². The molecule has 1 heterocycles. The van der Waals surface area contributed by atoms with E-state index >= 15 is 0 Å². The van der Waals surface area contributed by atoms with Crippen LogP contribution < -0.4 is 5.32 Å². The van der Waals surface area contributed by atoms with Gasteiger partial charge in [-0.1, -0.05) is 6.07 Å². The third-order valence-corrected chi connectivity index (χ3v) is 2.27. The summed E-state index contributed by atoms with van der Waals surface area (Å²) in [4.78, 5) is 11.0. The van der Waals surface area contributed by atoms with E-state index in [9.17, 15) is 18.0 Å². The highest BCUT2D eigenvalue weighted by molar-refractivity contribution is 5.91. The van der Waals surface area contributed by atoms with Gasteiger partial charge in [0.2, 0.25) is 0 Å². The number of amides is 2. The van der Waals surface area contributed by atoms with Crippen molar-refractivity contribution in [1.29, 1.82) is 0 Å². The molecule has 4 nitrogen and oxygen atoms in total. The van der Waals surface area contributed by atoms with E-state index in [-0.39, 0.29) is 16.3 Å². The zero-order chi connectivity index (χ0) is 11.9. The minimum atomic E-state index is -4.51. The minimum Gasteiger partial charge on any atom is -0.306 e. The van der Waals surface area contributed by atoms with E-state index in [1.165, 1.54) is 12.1 Å². The van der Waals surface area contributed by atoms with Crippen LogP contribution in [0.5, 0.6) is 0 Å². The molecule has 0 atom stereocenters. The SMILES string of the molecule is O=C1Nc2cccc(C(F)(F)F)c2CN1O. The number of alkyl halides is 3. The van der Waals surface area contributed by atoms with Crippen molar-refractivity contribution in [3.8, 4) is 0 Å². The maximum Gasteiger partial charge on any atom is 0.416 e. The molecule has 0 saturated carbocycles. The molecule has 0 aliphatic carbocycles. The second-order valence-corrected chi connectivity index (χ2v) is 3.32. The molecule has 7 heteroatoms. The van der Waals surface area contributed by atoms with E-state index in [2.05, 4.69) is 5.32 Å². The average Bonchev–Trinajstić information content (AvgIpc) is 2.17. The van der Waals surface area contributed by atoms with Gasteiger partial charge in [0.1, 0.15) is 0 Å². The lowest BCUT2D eigenvalue weighted by molar-refractivity contribution is -0.139. The Labute approximate surface area is 88.2 Å². The summed E-state index contributed by atoms with van der Waals surface area (Å²) in [6, 6.07) is 2.63. The van der Waals surface area contributed by atoms with Gasteiger partial charge in [0.25, 0.3) is 0 Å². The van der Waals surface area contributed by atoms with Crippen LogP contribution in [0.15, 0.2) is 18.2 Å². The maximum atomic E-state index is 12.6. The lowest BCUT2D eigenvalue weighted by Crippen LogP contribution is -2.37. The highest BCUT2D eigenvalue weighted by Crippen LogP contribution is 2.36. The van der Waals surface area contributed by atoms with Crippen molar-refractivity contribution in [1.82, 2.24) is 5.06 Å². The first-order valence-electron chi connectivity index (χ1n) is 4.36. The van der Waals surface area contributed by atoms with Crippen LogP contribution in [0.25, 0.3) is 0 Å². The Morgan fingerprint density at radius 1 is 1.38 bits per heavy atom. The van der Waals surface area contributed by atoms with Gasteiger partial charge in [-0.05, 0) is 12.1 Å². The lowest BCUT2D eigenvalue weighted by atomic mass is 10.0. The number of halogens is 3. The Kier molecular flexibility index (Phi) is 2.27. The first-order chi connectivity index (χ1) is 7.39. The minimum absolute atomic E-state index is 0.0742. The molecule has 0 aromatic heterocycles. The smallest absolute Gasteiger partial charge is 0.306 e. The molecule has 0 fully saturated rings. The quantitative estimate of drug-likeness (QED) is 0.675. The number of carbonyl (C=O) groups excluding carboxylic acids is 1. The molecule has 1 aliphatic heterocycles. The highest BCUT2D eigenvalue weighted by atomic mass is 19.4. The number of carbonyl (C=O) groups is 1. The van der Waals surface area contributed by atoms with Crippen molar-refractivity contribution >= 4 is 11.7 Å². The predicted molar refractivity (Wildman–Crippen MR) is 47.8 cm³/mol. The van der Waals surface area contributed by atoms with E-state index in [1.54, 1.807) is 0 Å². The summed E-state index contributed by atoms with van der Waals surface area (Å²) in [5.74, 6) is 0. The summed E-state index contributed by atoms with van der Waals surface area (Å²) >= 11 is 0. The zero-order valence-electron chi connectivity index (χ0n) is 7.88. The molecule has 0 radical (unpaired) electrons. The fourth-order valence-electron chi connectivity index (χ4n) is 1.54. The van der Waals surface area contributed by atoms with Crippen molar-refractivity contribution in [3.63, 3.8) is 0 Å². The average molecular weight is 232 g/mol. The number of fused-ring (bicyclic) bond motifs is 1. The van der Waals surface area contributed by atoms with Gasteiger partial charge < -0.3 is 5.32 Å². The zero-order valence-corrected chi connectivity index (χ0v) is 7.88. The van der Waals surface area contributed by atoms with Gasteiger partial charge in [0.05, 0.1) is 12.1 Å². The number of rotatable bonds is 0. The number of nitrogens with one attached hydrogen (secondary N) is 1. The normalized spacial score (nSPS) is 15.8. The van der Waals surface area contributed by atoms with Gasteiger partial charge >= 0.3 is 12.2 Å². The van der Waals surface area contributed by atoms with Gasteiger partial charge in [0.15, 0.2) is 0 Å². The second kappa shape index (κ2) is 3.38. The fourth-order valence-corrected chi connectivity index (χ4v) is 1.54. The third kappa shape index (κ3) is 1.69. The van der Waals surface area contributed by atoms with Crippen LogP contribution in [0.2, 0.25) is 0 Å². The molecule has 1 aromatic carbocycles. The van der Waals surface area contributed by atoms with Crippen molar-refractivity contribution in [2.75, 3.05) is 5.32 Å².